The third kappa shape index (κ3) is 3.80. The number of hydrogen-bond acceptors (Lipinski definition) is 2. The molecule has 1 amide bonds. The molecule has 3 aromatic rings. The van der Waals surface area contributed by atoms with E-state index in [0.717, 1.165) is 5.56 Å². The molecule has 4 heteroatoms. The van der Waals surface area contributed by atoms with Gasteiger partial charge in [0, 0.05) is 24.5 Å². The van der Waals surface area contributed by atoms with Crippen molar-refractivity contribution in [1.29, 1.82) is 0 Å². The molecule has 0 unspecified atom stereocenters. The molecule has 2 aromatic carbocycles. The van der Waals surface area contributed by atoms with E-state index in [1.807, 2.05) is 30.3 Å². The van der Waals surface area contributed by atoms with Crippen LogP contribution in [0.2, 0.25) is 0 Å². The van der Waals surface area contributed by atoms with E-state index in [2.05, 4.69) is 10.3 Å². The van der Waals surface area contributed by atoms with Gasteiger partial charge in [-0.1, -0.05) is 42.5 Å². The summed E-state index contributed by atoms with van der Waals surface area (Å²) in [4.78, 5) is 16.3. The highest BCUT2D eigenvalue weighted by atomic mass is 19.1. The summed E-state index contributed by atoms with van der Waals surface area (Å²) >= 11 is 0. The molecule has 114 valence electrons. The fraction of sp³-hybridized carbons (Fsp3) is 0.0526. The normalized spacial score (nSPS) is 10.3. The number of benzene rings is 2. The third-order valence-corrected chi connectivity index (χ3v) is 3.45. The predicted molar refractivity (Wildman–Crippen MR) is 87.2 cm³/mol. The quantitative estimate of drug-likeness (QED) is 0.796. The average Bonchev–Trinajstić information content (AvgIpc) is 2.61. The lowest BCUT2D eigenvalue weighted by molar-refractivity contribution is 0.0950. The second-order valence-electron chi connectivity index (χ2n) is 5.14. The lowest BCUT2D eigenvalue weighted by atomic mass is 10.1. The summed E-state index contributed by atoms with van der Waals surface area (Å²) in [6.07, 6.45) is 3.12. The Morgan fingerprint density at radius 1 is 0.957 bits per heavy atom. The van der Waals surface area contributed by atoms with Gasteiger partial charge in [0.1, 0.15) is 5.82 Å². The topological polar surface area (TPSA) is 42.0 Å². The van der Waals surface area contributed by atoms with Crippen molar-refractivity contribution in [3.8, 4) is 11.1 Å². The smallest absolute Gasteiger partial charge is 0.253 e. The van der Waals surface area contributed by atoms with Crippen molar-refractivity contribution in [2.24, 2.45) is 0 Å². The Balaban J connectivity index is 1.75. The average molecular weight is 306 g/mol. The molecular weight excluding hydrogens is 291 g/mol. The monoisotopic (exact) mass is 306 g/mol. The Kier molecular flexibility index (Phi) is 4.43. The molecule has 1 aromatic heterocycles. The van der Waals surface area contributed by atoms with Gasteiger partial charge in [-0.3, -0.25) is 9.78 Å². The third-order valence-electron chi connectivity index (χ3n) is 3.45. The Hall–Kier alpha value is -3.01. The van der Waals surface area contributed by atoms with E-state index in [-0.39, 0.29) is 11.7 Å². The van der Waals surface area contributed by atoms with Crippen molar-refractivity contribution in [2.75, 3.05) is 0 Å². The second-order valence-corrected chi connectivity index (χ2v) is 5.14. The molecule has 0 saturated heterocycles. The maximum Gasteiger partial charge on any atom is 0.253 e. The van der Waals surface area contributed by atoms with Crippen molar-refractivity contribution in [3.05, 3.63) is 90.0 Å². The molecule has 1 heterocycles. The first-order valence-corrected chi connectivity index (χ1v) is 7.25. The predicted octanol–water partition coefficient (Wildman–Crippen LogP) is 3.82. The lowest BCUT2D eigenvalue weighted by Gasteiger charge is -2.07. The van der Waals surface area contributed by atoms with E-state index in [1.54, 1.807) is 24.4 Å². The van der Waals surface area contributed by atoms with Gasteiger partial charge < -0.3 is 5.32 Å². The fourth-order valence-corrected chi connectivity index (χ4v) is 2.27. The van der Waals surface area contributed by atoms with Crippen LogP contribution in [0.1, 0.15) is 15.9 Å². The number of rotatable bonds is 4. The van der Waals surface area contributed by atoms with Gasteiger partial charge in [-0.2, -0.15) is 0 Å². The van der Waals surface area contributed by atoms with E-state index in [0.29, 0.717) is 23.2 Å². The van der Waals surface area contributed by atoms with Gasteiger partial charge in [0.2, 0.25) is 0 Å². The molecule has 0 spiro atoms. The Labute approximate surface area is 133 Å². The van der Waals surface area contributed by atoms with Crippen LogP contribution in [0, 0.1) is 5.82 Å². The largest absolute Gasteiger partial charge is 0.348 e. The van der Waals surface area contributed by atoms with Crippen molar-refractivity contribution >= 4 is 5.91 Å². The minimum atomic E-state index is -0.318. The first-order chi connectivity index (χ1) is 11.2. The van der Waals surface area contributed by atoms with Crippen LogP contribution in [0.25, 0.3) is 11.1 Å². The van der Waals surface area contributed by atoms with Gasteiger partial charge >= 0.3 is 0 Å². The van der Waals surface area contributed by atoms with Crippen LogP contribution in [0.15, 0.2) is 73.1 Å². The number of nitrogens with one attached hydrogen (secondary N) is 1. The number of halogens is 1. The maximum atomic E-state index is 13.3. The fourth-order valence-electron chi connectivity index (χ4n) is 2.27. The highest BCUT2D eigenvalue weighted by Gasteiger charge is 2.08. The van der Waals surface area contributed by atoms with Gasteiger partial charge in [0.25, 0.3) is 5.91 Å². The summed E-state index contributed by atoms with van der Waals surface area (Å²) in [5.74, 6) is -0.527. The molecule has 1 N–H and O–H groups in total. The summed E-state index contributed by atoms with van der Waals surface area (Å²) < 4.78 is 13.3. The summed E-state index contributed by atoms with van der Waals surface area (Å²) in [6.45, 7) is 0.448. The Morgan fingerprint density at radius 3 is 2.57 bits per heavy atom. The van der Waals surface area contributed by atoms with Gasteiger partial charge in [0.15, 0.2) is 0 Å². The van der Waals surface area contributed by atoms with Gasteiger partial charge in [-0.05, 0) is 29.3 Å². The first kappa shape index (κ1) is 14.9. The zero-order chi connectivity index (χ0) is 16.1. The summed E-state index contributed by atoms with van der Waals surface area (Å²) in [6, 6.07) is 17.6. The van der Waals surface area contributed by atoms with Gasteiger partial charge in [-0.25, -0.2) is 4.39 Å². The molecule has 0 radical (unpaired) electrons. The van der Waals surface area contributed by atoms with E-state index in [9.17, 15) is 9.18 Å². The molecule has 0 bridgehead atoms. The second kappa shape index (κ2) is 6.83. The SMILES string of the molecule is O=C(NCc1ccccc1)c1cncc(-c2cccc(F)c2)c1. The van der Waals surface area contributed by atoms with Crippen molar-refractivity contribution in [3.63, 3.8) is 0 Å². The molecule has 0 aliphatic rings. The van der Waals surface area contributed by atoms with Crippen molar-refractivity contribution < 1.29 is 9.18 Å². The van der Waals surface area contributed by atoms with E-state index in [1.165, 1.54) is 18.3 Å². The van der Waals surface area contributed by atoms with Crippen LogP contribution in [0.3, 0.4) is 0 Å². The maximum absolute atomic E-state index is 13.3. The number of pyridine rings is 1. The molecule has 23 heavy (non-hydrogen) atoms. The Morgan fingerprint density at radius 2 is 1.78 bits per heavy atom. The van der Waals surface area contributed by atoms with Crippen LogP contribution in [-0.4, -0.2) is 10.9 Å². The minimum absolute atomic E-state index is 0.209. The van der Waals surface area contributed by atoms with Crippen LogP contribution >= 0.6 is 0 Å². The molecule has 3 rings (SSSR count). The van der Waals surface area contributed by atoms with Gasteiger partial charge in [0.05, 0.1) is 5.56 Å². The van der Waals surface area contributed by atoms with Crippen LogP contribution in [0.5, 0.6) is 0 Å². The number of carbonyl (C=O) groups is 1. The molecule has 0 atom stereocenters. The molecule has 3 nitrogen and oxygen atoms in total. The Bertz CT molecular complexity index is 818. The minimum Gasteiger partial charge on any atom is -0.348 e. The van der Waals surface area contributed by atoms with Crippen LogP contribution in [0.4, 0.5) is 4.39 Å². The number of hydrogen-bond donors (Lipinski definition) is 1. The zero-order valence-corrected chi connectivity index (χ0v) is 12.4. The van der Waals surface area contributed by atoms with E-state index < -0.39 is 0 Å². The van der Waals surface area contributed by atoms with E-state index in [4.69, 9.17) is 0 Å². The van der Waals surface area contributed by atoms with Gasteiger partial charge in [-0.15, -0.1) is 0 Å². The molecule has 0 aliphatic heterocycles. The lowest BCUT2D eigenvalue weighted by Crippen LogP contribution is -2.22. The molecule has 0 aliphatic carbocycles. The standard InChI is InChI=1S/C19H15FN2O/c20-18-8-4-7-15(10-18)16-9-17(13-21-12-16)19(23)22-11-14-5-2-1-3-6-14/h1-10,12-13H,11H2,(H,22,23). The molecule has 0 fully saturated rings. The highest BCUT2D eigenvalue weighted by molar-refractivity contribution is 5.95. The van der Waals surface area contributed by atoms with Crippen molar-refractivity contribution in [1.82, 2.24) is 10.3 Å². The van der Waals surface area contributed by atoms with Crippen molar-refractivity contribution in [2.45, 2.75) is 6.54 Å². The summed E-state index contributed by atoms with van der Waals surface area (Å²) in [5, 5.41) is 2.85. The van der Waals surface area contributed by atoms with Crippen LogP contribution in [-0.2, 0) is 6.54 Å². The zero-order valence-electron chi connectivity index (χ0n) is 12.4. The molecule has 0 saturated carbocycles. The first-order valence-electron chi connectivity index (χ1n) is 7.25. The summed E-state index contributed by atoms with van der Waals surface area (Å²) in [5.41, 5.74) is 2.87. The van der Waals surface area contributed by atoms with E-state index >= 15 is 0 Å². The number of aromatic nitrogens is 1. The number of carbonyl (C=O) groups excluding carboxylic acids is 1. The highest BCUT2D eigenvalue weighted by Crippen LogP contribution is 2.20. The number of amides is 1. The van der Waals surface area contributed by atoms with Crippen LogP contribution < -0.4 is 5.32 Å². The molecular formula is C19H15FN2O. The number of nitrogens with zero attached hydrogens (tertiary/aromatic N) is 1. The summed E-state index contributed by atoms with van der Waals surface area (Å²) in [7, 11) is 0.